The van der Waals surface area contributed by atoms with Crippen LogP contribution < -0.4 is 5.32 Å². The second-order valence-electron chi connectivity index (χ2n) is 5.12. The van der Waals surface area contributed by atoms with E-state index in [0.717, 1.165) is 29.2 Å². The molecule has 5 heteroatoms. The fraction of sp³-hybridized carbons (Fsp3) is 0.562. The average molecular weight is 307 g/mol. The Hall–Kier alpha value is -1.35. The average Bonchev–Trinajstić information content (AvgIpc) is 2.88. The van der Waals surface area contributed by atoms with Crippen LogP contribution >= 0.6 is 11.3 Å². The fourth-order valence-corrected chi connectivity index (χ4v) is 3.22. The summed E-state index contributed by atoms with van der Waals surface area (Å²) in [6, 6.07) is 3.87. The lowest BCUT2D eigenvalue weighted by molar-refractivity contribution is -0.124. The molecule has 1 aliphatic rings. The first-order chi connectivity index (χ1) is 10.2. The zero-order chi connectivity index (χ0) is 15.1. The number of carbonyl (C=O) groups excluding carboxylic acids is 1. The summed E-state index contributed by atoms with van der Waals surface area (Å²) in [6.07, 6.45) is 2.95. The maximum atomic E-state index is 11.9. The molecule has 21 heavy (non-hydrogen) atoms. The van der Waals surface area contributed by atoms with Crippen LogP contribution in [0.3, 0.4) is 0 Å². The van der Waals surface area contributed by atoms with Crippen LogP contribution in [0.15, 0.2) is 12.1 Å². The lowest BCUT2D eigenvalue weighted by Crippen LogP contribution is -2.35. The molecule has 1 aromatic heterocycles. The van der Waals surface area contributed by atoms with Crippen LogP contribution in [-0.2, 0) is 16.1 Å². The van der Waals surface area contributed by atoms with Gasteiger partial charge in [0.1, 0.15) is 6.61 Å². The van der Waals surface area contributed by atoms with Gasteiger partial charge in [-0.2, -0.15) is 0 Å². The Bertz CT molecular complexity index is 523. The number of hydrogen-bond acceptors (Lipinski definition) is 4. The van der Waals surface area contributed by atoms with Crippen molar-refractivity contribution in [3.05, 3.63) is 21.9 Å². The van der Waals surface area contributed by atoms with Crippen molar-refractivity contribution in [1.29, 1.82) is 0 Å². The zero-order valence-corrected chi connectivity index (χ0v) is 13.0. The van der Waals surface area contributed by atoms with Gasteiger partial charge in [0, 0.05) is 17.9 Å². The van der Waals surface area contributed by atoms with Crippen molar-refractivity contribution in [3.63, 3.8) is 0 Å². The van der Waals surface area contributed by atoms with E-state index in [0.29, 0.717) is 25.0 Å². The summed E-state index contributed by atoms with van der Waals surface area (Å²) in [5.74, 6) is 6.05. The van der Waals surface area contributed by atoms with E-state index < -0.39 is 0 Å². The quantitative estimate of drug-likeness (QED) is 0.789. The van der Waals surface area contributed by atoms with E-state index in [4.69, 9.17) is 9.84 Å². The summed E-state index contributed by atoms with van der Waals surface area (Å²) >= 11 is 1.54. The Morgan fingerprint density at radius 1 is 1.52 bits per heavy atom. The number of amides is 1. The molecule has 1 saturated carbocycles. The third-order valence-corrected chi connectivity index (χ3v) is 4.48. The zero-order valence-electron chi connectivity index (χ0n) is 12.2. The van der Waals surface area contributed by atoms with E-state index in [1.54, 1.807) is 11.3 Å². The number of hydrogen-bond donors (Lipinski definition) is 2. The molecule has 0 aliphatic heterocycles. The molecule has 1 heterocycles. The molecule has 1 fully saturated rings. The Morgan fingerprint density at radius 3 is 3.05 bits per heavy atom. The van der Waals surface area contributed by atoms with Crippen LogP contribution in [0.25, 0.3) is 0 Å². The van der Waals surface area contributed by atoms with Gasteiger partial charge in [-0.1, -0.05) is 11.8 Å². The monoisotopic (exact) mass is 307 g/mol. The molecule has 0 unspecified atom stereocenters. The normalized spacial score (nSPS) is 20.3. The number of aliphatic hydroxyl groups excluding tert-OH is 1. The SMILES string of the molecule is CCOC1CC(CC(=O)NCc2ccc(C#CCO)s2)C1. The van der Waals surface area contributed by atoms with Gasteiger partial charge in [0.15, 0.2) is 0 Å². The molecule has 0 saturated heterocycles. The highest BCUT2D eigenvalue weighted by atomic mass is 32.1. The van der Waals surface area contributed by atoms with Crippen molar-refractivity contribution in [2.45, 2.75) is 38.8 Å². The third kappa shape index (κ3) is 5.16. The first kappa shape index (κ1) is 16.0. The molecule has 4 nitrogen and oxygen atoms in total. The smallest absolute Gasteiger partial charge is 0.220 e. The third-order valence-electron chi connectivity index (χ3n) is 3.48. The van der Waals surface area contributed by atoms with Gasteiger partial charge < -0.3 is 15.2 Å². The summed E-state index contributed by atoms with van der Waals surface area (Å²) in [5.41, 5.74) is 0. The molecule has 1 amide bonds. The molecule has 0 radical (unpaired) electrons. The summed E-state index contributed by atoms with van der Waals surface area (Å²) in [5, 5.41) is 11.6. The summed E-state index contributed by atoms with van der Waals surface area (Å²) < 4.78 is 5.49. The molecule has 0 spiro atoms. The van der Waals surface area contributed by atoms with E-state index in [1.165, 1.54) is 0 Å². The molecule has 0 atom stereocenters. The minimum atomic E-state index is -0.131. The highest BCUT2D eigenvalue weighted by Gasteiger charge is 2.30. The van der Waals surface area contributed by atoms with Crippen LogP contribution in [0.5, 0.6) is 0 Å². The predicted octanol–water partition coefficient (Wildman–Crippen LogP) is 1.91. The minimum absolute atomic E-state index is 0.103. The van der Waals surface area contributed by atoms with Crippen LogP contribution in [0.1, 0.15) is 35.9 Å². The molecule has 1 aromatic rings. The lowest BCUT2D eigenvalue weighted by Gasteiger charge is -2.34. The molecular formula is C16H21NO3S. The molecule has 114 valence electrons. The Kier molecular flexibility index (Phi) is 6.24. The molecule has 0 aromatic carbocycles. The van der Waals surface area contributed by atoms with Gasteiger partial charge in [-0.25, -0.2) is 0 Å². The van der Waals surface area contributed by atoms with Crippen LogP contribution in [0.2, 0.25) is 0 Å². The first-order valence-corrected chi connectivity index (χ1v) is 8.09. The highest BCUT2D eigenvalue weighted by molar-refractivity contribution is 7.12. The second-order valence-corrected chi connectivity index (χ2v) is 6.29. The number of carbonyl (C=O) groups is 1. The van der Waals surface area contributed by atoms with E-state index in [-0.39, 0.29) is 12.5 Å². The van der Waals surface area contributed by atoms with Crippen LogP contribution in [-0.4, -0.2) is 30.3 Å². The van der Waals surface area contributed by atoms with Gasteiger partial charge in [0.25, 0.3) is 0 Å². The van der Waals surface area contributed by atoms with Crippen molar-refractivity contribution in [3.8, 4) is 11.8 Å². The summed E-state index contributed by atoms with van der Waals surface area (Å²) in [7, 11) is 0. The number of thiophene rings is 1. The number of ether oxygens (including phenoxy) is 1. The topological polar surface area (TPSA) is 58.6 Å². The summed E-state index contributed by atoms with van der Waals surface area (Å²) in [6.45, 7) is 3.17. The van der Waals surface area contributed by atoms with Crippen molar-refractivity contribution >= 4 is 17.2 Å². The van der Waals surface area contributed by atoms with E-state index >= 15 is 0 Å². The molecule has 2 N–H and O–H groups in total. The minimum Gasteiger partial charge on any atom is -0.384 e. The number of rotatable bonds is 6. The van der Waals surface area contributed by atoms with Crippen LogP contribution in [0, 0.1) is 17.8 Å². The molecule has 1 aliphatic carbocycles. The van der Waals surface area contributed by atoms with Gasteiger partial charge >= 0.3 is 0 Å². The van der Waals surface area contributed by atoms with Gasteiger partial charge in [-0.3, -0.25) is 4.79 Å². The maximum Gasteiger partial charge on any atom is 0.220 e. The Balaban J connectivity index is 1.66. The fourth-order valence-electron chi connectivity index (χ4n) is 2.40. The summed E-state index contributed by atoms with van der Waals surface area (Å²) in [4.78, 5) is 13.8. The van der Waals surface area contributed by atoms with Gasteiger partial charge in [-0.05, 0) is 37.8 Å². The molecular weight excluding hydrogens is 286 g/mol. The van der Waals surface area contributed by atoms with E-state index in [1.807, 2.05) is 19.1 Å². The van der Waals surface area contributed by atoms with Gasteiger partial charge in [0.05, 0.1) is 17.5 Å². The van der Waals surface area contributed by atoms with Crippen molar-refractivity contribution in [2.24, 2.45) is 5.92 Å². The number of nitrogens with one attached hydrogen (secondary N) is 1. The van der Waals surface area contributed by atoms with Crippen molar-refractivity contribution in [1.82, 2.24) is 5.32 Å². The second kappa shape index (κ2) is 8.18. The van der Waals surface area contributed by atoms with E-state index in [2.05, 4.69) is 17.2 Å². The standard InChI is InChI=1S/C16H21NO3S/c1-2-20-13-8-12(9-13)10-16(19)17-11-15-6-5-14(21-15)4-3-7-18/h5-6,12-13,18H,2,7-11H2,1H3,(H,17,19). The van der Waals surface area contributed by atoms with Gasteiger partial charge in [0.2, 0.25) is 5.91 Å². The Labute approximate surface area is 129 Å². The van der Waals surface area contributed by atoms with Crippen LogP contribution in [0.4, 0.5) is 0 Å². The first-order valence-electron chi connectivity index (χ1n) is 7.28. The largest absolute Gasteiger partial charge is 0.384 e. The van der Waals surface area contributed by atoms with Crippen molar-refractivity contribution in [2.75, 3.05) is 13.2 Å². The molecule has 2 rings (SSSR count). The number of aliphatic hydroxyl groups is 1. The van der Waals surface area contributed by atoms with Crippen molar-refractivity contribution < 1.29 is 14.6 Å². The molecule has 0 bridgehead atoms. The lowest BCUT2D eigenvalue weighted by atomic mass is 9.80. The predicted molar refractivity (Wildman–Crippen MR) is 82.9 cm³/mol. The maximum absolute atomic E-state index is 11.9. The highest BCUT2D eigenvalue weighted by Crippen LogP contribution is 2.32. The van der Waals surface area contributed by atoms with Gasteiger partial charge in [-0.15, -0.1) is 11.3 Å². The van der Waals surface area contributed by atoms with E-state index in [9.17, 15) is 4.79 Å². The Morgan fingerprint density at radius 2 is 2.33 bits per heavy atom.